The van der Waals surface area contributed by atoms with E-state index in [0.29, 0.717) is 12.2 Å². The lowest BCUT2D eigenvalue weighted by Gasteiger charge is -2.02. The van der Waals surface area contributed by atoms with E-state index in [1.165, 1.54) is 12.4 Å². The predicted molar refractivity (Wildman–Crippen MR) is 55.2 cm³/mol. The Bertz CT molecular complexity index is 317. The van der Waals surface area contributed by atoms with Gasteiger partial charge >= 0.3 is 0 Å². The van der Waals surface area contributed by atoms with Gasteiger partial charge < -0.3 is 5.32 Å². The van der Waals surface area contributed by atoms with Crippen molar-refractivity contribution in [2.24, 2.45) is 0 Å². The number of hydrogen-bond donors (Lipinski definition) is 1. The van der Waals surface area contributed by atoms with Crippen LogP contribution in [-0.4, -0.2) is 15.9 Å². The minimum Gasteiger partial charge on any atom is -0.309 e. The number of halogens is 1. The molecule has 0 saturated carbocycles. The standard InChI is InChI=1S/C9H12ClN3O/c1-2-3-4-9(14)13-8-6-11-5-7(10)12-8/h5-6H,2-4H2,1H3,(H,12,13,14). The van der Waals surface area contributed by atoms with Crippen LogP contribution in [0.5, 0.6) is 0 Å². The number of carbonyl (C=O) groups excluding carboxylic acids is 1. The largest absolute Gasteiger partial charge is 0.309 e. The maximum Gasteiger partial charge on any atom is 0.225 e. The molecular formula is C9H12ClN3O. The third-order valence-electron chi connectivity index (χ3n) is 1.63. The van der Waals surface area contributed by atoms with Crippen LogP contribution in [0.4, 0.5) is 5.82 Å². The van der Waals surface area contributed by atoms with Crippen LogP contribution in [0, 0.1) is 0 Å². The molecular weight excluding hydrogens is 202 g/mol. The van der Waals surface area contributed by atoms with Crippen molar-refractivity contribution in [3.8, 4) is 0 Å². The fourth-order valence-electron chi connectivity index (χ4n) is 0.945. The summed E-state index contributed by atoms with van der Waals surface area (Å²) in [5.74, 6) is 0.349. The number of unbranched alkanes of at least 4 members (excludes halogenated alkanes) is 1. The molecule has 0 aliphatic carbocycles. The predicted octanol–water partition coefficient (Wildman–Crippen LogP) is 2.26. The Balaban J connectivity index is 2.47. The van der Waals surface area contributed by atoms with Crippen LogP contribution in [-0.2, 0) is 4.79 Å². The zero-order valence-electron chi connectivity index (χ0n) is 7.96. The third kappa shape index (κ3) is 3.70. The van der Waals surface area contributed by atoms with Crippen molar-refractivity contribution in [1.29, 1.82) is 0 Å². The van der Waals surface area contributed by atoms with Gasteiger partial charge in [-0.05, 0) is 6.42 Å². The molecule has 14 heavy (non-hydrogen) atoms. The van der Waals surface area contributed by atoms with Gasteiger partial charge in [-0.2, -0.15) is 0 Å². The van der Waals surface area contributed by atoms with Crippen molar-refractivity contribution in [2.75, 3.05) is 5.32 Å². The molecule has 0 atom stereocenters. The van der Waals surface area contributed by atoms with E-state index >= 15 is 0 Å². The maximum atomic E-state index is 11.3. The molecule has 1 rings (SSSR count). The lowest BCUT2D eigenvalue weighted by Crippen LogP contribution is -2.12. The van der Waals surface area contributed by atoms with Gasteiger partial charge in [0.2, 0.25) is 5.91 Å². The first kappa shape index (κ1) is 10.9. The highest BCUT2D eigenvalue weighted by molar-refractivity contribution is 6.29. The van der Waals surface area contributed by atoms with E-state index in [1.54, 1.807) is 0 Å². The van der Waals surface area contributed by atoms with Gasteiger partial charge in [0.05, 0.1) is 12.4 Å². The monoisotopic (exact) mass is 213 g/mol. The zero-order valence-corrected chi connectivity index (χ0v) is 8.71. The van der Waals surface area contributed by atoms with E-state index in [0.717, 1.165) is 12.8 Å². The Morgan fingerprint density at radius 3 is 3.00 bits per heavy atom. The Morgan fingerprint density at radius 1 is 1.57 bits per heavy atom. The molecule has 76 valence electrons. The molecule has 0 bridgehead atoms. The van der Waals surface area contributed by atoms with Gasteiger partial charge in [0, 0.05) is 6.42 Å². The smallest absolute Gasteiger partial charge is 0.225 e. The molecule has 1 heterocycles. The molecule has 1 N–H and O–H groups in total. The quantitative estimate of drug-likeness (QED) is 0.835. The second kappa shape index (κ2) is 5.54. The van der Waals surface area contributed by atoms with Gasteiger partial charge in [-0.15, -0.1) is 0 Å². The summed E-state index contributed by atoms with van der Waals surface area (Å²) < 4.78 is 0. The molecule has 0 radical (unpaired) electrons. The molecule has 1 aromatic heterocycles. The SMILES string of the molecule is CCCCC(=O)Nc1cncc(Cl)n1. The second-order valence-corrected chi connectivity index (χ2v) is 3.27. The molecule has 0 saturated heterocycles. The van der Waals surface area contributed by atoms with Crippen molar-refractivity contribution in [3.05, 3.63) is 17.5 Å². The average molecular weight is 214 g/mol. The number of amides is 1. The van der Waals surface area contributed by atoms with Gasteiger partial charge in [-0.1, -0.05) is 24.9 Å². The second-order valence-electron chi connectivity index (χ2n) is 2.88. The normalized spacial score (nSPS) is 9.86. The van der Waals surface area contributed by atoms with Crippen LogP contribution in [0.25, 0.3) is 0 Å². The lowest BCUT2D eigenvalue weighted by molar-refractivity contribution is -0.116. The summed E-state index contributed by atoms with van der Waals surface area (Å²) in [4.78, 5) is 19.0. The number of carbonyl (C=O) groups is 1. The molecule has 4 nitrogen and oxygen atoms in total. The Hall–Kier alpha value is -1.16. The van der Waals surface area contributed by atoms with Gasteiger partial charge in [-0.25, -0.2) is 4.98 Å². The minimum absolute atomic E-state index is 0.0524. The number of nitrogens with zero attached hydrogens (tertiary/aromatic N) is 2. The van der Waals surface area contributed by atoms with Crippen LogP contribution in [0.1, 0.15) is 26.2 Å². The topological polar surface area (TPSA) is 54.9 Å². The Kier molecular flexibility index (Phi) is 4.32. The Morgan fingerprint density at radius 2 is 2.36 bits per heavy atom. The minimum atomic E-state index is -0.0524. The van der Waals surface area contributed by atoms with Crippen molar-refractivity contribution in [2.45, 2.75) is 26.2 Å². The first-order valence-electron chi connectivity index (χ1n) is 4.49. The van der Waals surface area contributed by atoms with Gasteiger partial charge in [0.1, 0.15) is 5.15 Å². The first-order valence-corrected chi connectivity index (χ1v) is 4.87. The molecule has 0 fully saturated rings. The van der Waals surface area contributed by atoms with Gasteiger partial charge in [0.25, 0.3) is 0 Å². The van der Waals surface area contributed by atoms with Crippen LogP contribution in [0.2, 0.25) is 5.15 Å². The van der Waals surface area contributed by atoms with Crippen LogP contribution in [0.15, 0.2) is 12.4 Å². The molecule has 0 aliphatic rings. The summed E-state index contributed by atoms with van der Waals surface area (Å²) in [5, 5.41) is 2.90. The maximum absolute atomic E-state index is 11.3. The van der Waals surface area contributed by atoms with Crippen molar-refractivity contribution in [1.82, 2.24) is 9.97 Å². The van der Waals surface area contributed by atoms with E-state index in [4.69, 9.17) is 11.6 Å². The number of anilines is 1. The summed E-state index contributed by atoms with van der Waals surface area (Å²) >= 11 is 5.61. The van der Waals surface area contributed by atoms with Crippen LogP contribution in [0.3, 0.4) is 0 Å². The molecule has 0 aromatic carbocycles. The highest BCUT2D eigenvalue weighted by Crippen LogP contribution is 2.07. The number of hydrogen-bond acceptors (Lipinski definition) is 3. The van der Waals surface area contributed by atoms with Gasteiger partial charge in [-0.3, -0.25) is 9.78 Å². The highest BCUT2D eigenvalue weighted by Gasteiger charge is 2.02. The van der Waals surface area contributed by atoms with Crippen molar-refractivity contribution >= 4 is 23.3 Å². The van der Waals surface area contributed by atoms with Gasteiger partial charge in [0.15, 0.2) is 5.82 Å². The average Bonchev–Trinajstić information content (AvgIpc) is 2.15. The van der Waals surface area contributed by atoms with Crippen molar-refractivity contribution < 1.29 is 4.79 Å². The summed E-state index contributed by atoms with van der Waals surface area (Å²) in [5.41, 5.74) is 0. The molecule has 1 amide bonds. The number of aromatic nitrogens is 2. The van der Waals surface area contributed by atoms with Crippen LogP contribution < -0.4 is 5.32 Å². The molecule has 0 unspecified atom stereocenters. The Labute approximate surface area is 87.7 Å². The van der Waals surface area contributed by atoms with E-state index in [1.807, 2.05) is 6.92 Å². The summed E-state index contributed by atoms with van der Waals surface area (Å²) in [7, 11) is 0. The summed E-state index contributed by atoms with van der Waals surface area (Å²) in [6.07, 6.45) is 5.26. The molecule has 0 aliphatic heterocycles. The molecule has 0 spiro atoms. The summed E-state index contributed by atoms with van der Waals surface area (Å²) in [6, 6.07) is 0. The number of nitrogens with one attached hydrogen (secondary N) is 1. The van der Waals surface area contributed by atoms with E-state index in [2.05, 4.69) is 15.3 Å². The van der Waals surface area contributed by atoms with E-state index in [9.17, 15) is 4.79 Å². The van der Waals surface area contributed by atoms with Crippen LogP contribution >= 0.6 is 11.6 Å². The zero-order chi connectivity index (χ0) is 10.4. The lowest BCUT2D eigenvalue weighted by atomic mass is 10.2. The van der Waals surface area contributed by atoms with Crippen molar-refractivity contribution in [3.63, 3.8) is 0 Å². The fourth-order valence-corrected chi connectivity index (χ4v) is 1.09. The molecule has 1 aromatic rings. The fraction of sp³-hybridized carbons (Fsp3) is 0.444. The van der Waals surface area contributed by atoms with E-state index in [-0.39, 0.29) is 11.1 Å². The summed E-state index contributed by atoms with van der Waals surface area (Å²) in [6.45, 7) is 2.03. The highest BCUT2D eigenvalue weighted by atomic mass is 35.5. The first-order chi connectivity index (χ1) is 6.72. The molecule has 5 heteroatoms. The third-order valence-corrected chi connectivity index (χ3v) is 1.81. The number of rotatable bonds is 4. The van der Waals surface area contributed by atoms with E-state index < -0.39 is 0 Å².